The predicted octanol–water partition coefficient (Wildman–Crippen LogP) is 0.589. The minimum Gasteiger partial charge on any atom is -0.398 e. The third-order valence-electron chi connectivity index (χ3n) is 3.01. The normalized spacial score (nSPS) is 20.0. The van der Waals surface area contributed by atoms with E-state index in [1.807, 2.05) is 24.3 Å². The highest BCUT2D eigenvalue weighted by molar-refractivity contribution is 5.48. The first kappa shape index (κ1) is 11.0. The van der Waals surface area contributed by atoms with Gasteiger partial charge in [-0.3, -0.25) is 4.79 Å². The highest BCUT2D eigenvalue weighted by atomic mass is 16.1. The summed E-state index contributed by atoms with van der Waals surface area (Å²) in [5.41, 5.74) is 7.79. The number of nitrogens with one attached hydrogen (secondary N) is 1. The van der Waals surface area contributed by atoms with Gasteiger partial charge in [0.05, 0.1) is 0 Å². The van der Waals surface area contributed by atoms with E-state index in [4.69, 9.17) is 5.73 Å². The van der Waals surface area contributed by atoms with Crippen molar-refractivity contribution in [1.82, 2.24) is 10.2 Å². The fourth-order valence-corrected chi connectivity index (χ4v) is 2.00. The number of amides is 1. The summed E-state index contributed by atoms with van der Waals surface area (Å²) in [6, 6.07) is 8.24. The van der Waals surface area contributed by atoms with E-state index in [-0.39, 0.29) is 0 Å². The van der Waals surface area contributed by atoms with Crippen molar-refractivity contribution in [2.45, 2.75) is 19.0 Å². The molecule has 1 aliphatic heterocycles. The zero-order valence-corrected chi connectivity index (χ0v) is 9.23. The Morgan fingerprint density at radius 1 is 1.50 bits per heavy atom. The maximum atomic E-state index is 10.6. The van der Waals surface area contributed by atoms with Crippen molar-refractivity contribution in [1.29, 1.82) is 0 Å². The smallest absolute Gasteiger partial charge is 0.209 e. The molecule has 0 radical (unpaired) electrons. The Kier molecular flexibility index (Phi) is 3.41. The molecule has 1 fully saturated rings. The number of benzene rings is 1. The number of hydrogen-bond donors (Lipinski definition) is 2. The molecular formula is C12H17N3O. The lowest BCUT2D eigenvalue weighted by molar-refractivity contribution is -0.117. The highest BCUT2D eigenvalue weighted by Crippen LogP contribution is 2.12. The van der Waals surface area contributed by atoms with Crippen LogP contribution in [0.2, 0.25) is 0 Å². The summed E-state index contributed by atoms with van der Waals surface area (Å²) in [5, 5.41) is 3.42. The molecule has 1 heterocycles. The summed E-state index contributed by atoms with van der Waals surface area (Å²) >= 11 is 0. The number of likely N-dealkylation sites (tertiary alicyclic amines) is 1. The molecule has 1 amide bonds. The number of anilines is 1. The fourth-order valence-electron chi connectivity index (χ4n) is 2.00. The van der Waals surface area contributed by atoms with E-state index in [0.29, 0.717) is 6.04 Å². The van der Waals surface area contributed by atoms with E-state index in [0.717, 1.165) is 43.7 Å². The molecule has 16 heavy (non-hydrogen) atoms. The van der Waals surface area contributed by atoms with Crippen molar-refractivity contribution in [2.75, 3.05) is 18.8 Å². The van der Waals surface area contributed by atoms with Gasteiger partial charge in [0.25, 0.3) is 0 Å². The highest BCUT2D eigenvalue weighted by Gasteiger charge is 2.20. The van der Waals surface area contributed by atoms with Crippen LogP contribution >= 0.6 is 0 Å². The lowest BCUT2D eigenvalue weighted by Gasteiger charge is -2.13. The lowest BCUT2D eigenvalue weighted by Crippen LogP contribution is -2.31. The molecule has 0 bridgehead atoms. The first-order valence-electron chi connectivity index (χ1n) is 5.55. The van der Waals surface area contributed by atoms with Crippen molar-refractivity contribution in [3.63, 3.8) is 0 Å². The van der Waals surface area contributed by atoms with Crippen LogP contribution in [-0.4, -0.2) is 30.4 Å². The Balaban J connectivity index is 1.84. The summed E-state index contributed by atoms with van der Waals surface area (Å²) < 4.78 is 0. The minimum atomic E-state index is 0.393. The molecule has 1 aliphatic rings. The van der Waals surface area contributed by atoms with Crippen LogP contribution in [0.15, 0.2) is 24.3 Å². The van der Waals surface area contributed by atoms with Gasteiger partial charge >= 0.3 is 0 Å². The molecule has 4 nitrogen and oxygen atoms in total. The second-order valence-electron chi connectivity index (χ2n) is 4.17. The molecule has 0 aromatic heterocycles. The molecule has 2 rings (SSSR count). The predicted molar refractivity (Wildman–Crippen MR) is 63.7 cm³/mol. The number of hydrogen-bond acceptors (Lipinski definition) is 3. The summed E-state index contributed by atoms with van der Waals surface area (Å²) in [6.07, 6.45) is 1.93. The van der Waals surface area contributed by atoms with Gasteiger partial charge in [-0.1, -0.05) is 18.2 Å². The zero-order valence-electron chi connectivity index (χ0n) is 9.23. The SMILES string of the molecule is Nc1ccccc1CNC1CCN(C=O)C1. The average molecular weight is 219 g/mol. The maximum absolute atomic E-state index is 10.6. The minimum absolute atomic E-state index is 0.393. The molecule has 86 valence electrons. The quantitative estimate of drug-likeness (QED) is 0.575. The van der Waals surface area contributed by atoms with Gasteiger partial charge in [-0.05, 0) is 18.1 Å². The standard InChI is InChI=1S/C12H17N3O/c13-12-4-2-1-3-10(12)7-14-11-5-6-15(8-11)9-16/h1-4,9,11,14H,5-8,13H2. The number of nitrogen functional groups attached to an aromatic ring is 1. The van der Waals surface area contributed by atoms with Crippen LogP contribution in [0.4, 0.5) is 5.69 Å². The molecule has 0 saturated carbocycles. The number of rotatable bonds is 4. The third-order valence-corrected chi connectivity index (χ3v) is 3.01. The van der Waals surface area contributed by atoms with Crippen LogP contribution in [0.25, 0.3) is 0 Å². The van der Waals surface area contributed by atoms with E-state index in [2.05, 4.69) is 5.32 Å². The van der Waals surface area contributed by atoms with E-state index in [9.17, 15) is 4.79 Å². The Hall–Kier alpha value is -1.55. The lowest BCUT2D eigenvalue weighted by atomic mass is 10.1. The van der Waals surface area contributed by atoms with E-state index in [1.54, 1.807) is 4.90 Å². The molecule has 1 unspecified atom stereocenters. The largest absolute Gasteiger partial charge is 0.398 e. The summed E-state index contributed by atoms with van der Waals surface area (Å²) in [5.74, 6) is 0. The summed E-state index contributed by atoms with van der Waals surface area (Å²) in [6.45, 7) is 2.42. The van der Waals surface area contributed by atoms with E-state index in [1.165, 1.54) is 0 Å². The van der Waals surface area contributed by atoms with Gasteiger partial charge in [0, 0.05) is 31.4 Å². The van der Waals surface area contributed by atoms with Crippen molar-refractivity contribution in [2.24, 2.45) is 0 Å². The van der Waals surface area contributed by atoms with Gasteiger partial charge in [-0.2, -0.15) is 0 Å². The molecule has 0 spiro atoms. The first-order chi connectivity index (χ1) is 7.79. The average Bonchev–Trinajstić information content (AvgIpc) is 2.76. The number of nitrogens with zero attached hydrogens (tertiary/aromatic N) is 1. The van der Waals surface area contributed by atoms with Gasteiger partial charge in [-0.15, -0.1) is 0 Å². The van der Waals surface area contributed by atoms with E-state index >= 15 is 0 Å². The molecule has 1 aromatic rings. The van der Waals surface area contributed by atoms with Crippen LogP contribution in [0, 0.1) is 0 Å². The molecule has 1 atom stereocenters. The van der Waals surface area contributed by atoms with Gasteiger partial charge < -0.3 is 16.0 Å². The van der Waals surface area contributed by atoms with Crippen LogP contribution in [-0.2, 0) is 11.3 Å². The third kappa shape index (κ3) is 2.52. The second kappa shape index (κ2) is 4.99. The van der Waals surface area contributed by atoms with Crippen molar-refractivity contribution in [3.05, 3.63) is 29.8 Å². The topological polar surface area (TPSA) is 58.4 Å². The van der Waals surface area contributed by atoms with Crippen LogP contribution in [0.3, 0.4) is 0 Å². The maximum Gasteiger partial charge on any atom is 0.209 e. The van der Waals surface area contributed by atoms with Crippen LogP contribution in [0.1, 0.15) is 12.0 Å². The van der Waals surface area contributed by atoms with Gasteiger partial charge in [0.2, 0.25) is 6.41 Å². The zero-order chi connectivity index (χ0) is 11.4. The molecule has 3 N–H and O–H groups in total. The number of para-hydroxylation sites is 1. The number of nitrogens with two attached hydrogens (primary N) is 1. The number of carbonyl (C=O) groups is 1. The molecule has 4 heteroatoms. The summed E-state index contributed by atoms with van der Waals surface area (Å²) in [4.78, 5) is 12.4. The monoisotopic (exact) mass is 219 g/mol. The van der Waals surface area contributed by atoms with Crippen LogP contribution in [0.5, 0.6) is 0 Å². The molecule has 1 aromatic carbocycles. The van der Waals surface area contributed by atoms with Crippen molar-refractivity contribution >= 4 is 12.1 Å². The summed E-state index contributed by atoms with van der Waals surface area (Å²) in [7, 11) is 0. The van der Waals surface area contributed by atoms with Crippen LogP contribution < -0.4 is 11.1 Å². The molecule has 1 saturated heterocycles. The Bertz CT molecular complexity index is 367. The number of carbonyl (C=O) groups excluding carboxylic acids is 1. The van der Waals surface area contributed by atoms with Gasteiger partial charge in [0.15, 0.2) is 0 Å². The second-order valence-corrected chi connectivity index (χ2v) is 4.17. The fraction of sp³-hybridized carbons (Fsp3) is 0.417. The van der Waals surface area contributed by atoms with E-state index < -0.39 is 0 Å². The van der Waals surface area contributed by atoms with Crippen molar-refractivity contribution < 1.29 is 4.79 Å². The Morgan fingerprint density at radius 2 is 2.31 bits per heavy atom. The van der Waals surface area contributed by atoms with Gasteiger partial charge in [0.1, 0.15) is 0 Å². The Labute approximate surface area is 95.4 Å². The van der Waals surface area contributed by atoms with Gasteiger partial charge in [-0.25, -0.2) is 0 Å². The Morgan fingerprint density at radius 3 is 3.00 bits per heavy atom. The van der Waals surface area contributed by atoms with Crippen molar-refractivity contribution in [3.8, 4) is 0 Å². The first-order valence-corrected chi connectivity index (χ1v) is 5.55. The molecule has 0 aliphatic carbocycles. The molecular weight excluding hydrogens is 202 g/mol.